The number of hydrogen-bond acceptors (Lipinski definition) is 1. The van der Waals surface area contributed by atoms with Crippen molar-refractivity contribution in [3.63, 3.8) is 0 Å². The molecule has 0 saturated carbocycles. The third-order valence-corrected chi connectivity index (χ3v) is 4.15. The average molecular weight is 288 g/mol. The minimum atomic E-state index is -0.814. The molecule has 2 aromatic carbocycles. The lowest BCUT2D eigenvalue weighted by atomic mass is 9.90. The van der Waals surface area contributed by atoms with E-state index in [1.165, 1.54) is 11.6 Å². The summed E-state index contributed by atoms with van der Waals surface area (Å²) >= 11 is 0. The van der Waals surface area contributed by atoms with Gasteiger partial charge >= 0.3 is 0 Å². The highest BCUT2D eigenvalue weighted by Gasteiger charge is 2.20. The van der Waals surface area contributed by atoms with Crippen LogP contribution in [0.4, 0.5) is 8.78 Å². The number of halogens is 2. The molecule has 2 unspecified atom stereocenters. The van der Waals surface area contributed by atoms with Gasteiger partial charge in [-0.15, -0.1) is 0 Å². The second-order valence-electron chi connectivity index (χ2n) is 5.64. The van der Waals surface area contributed by atoms with Gasteiger partial charge in [-0.2, -0.15) is 0 Å². The summed E-state index contributed by atoms with van der Waals surface area (Å²) in [5.41, 5.74) is 2.19. The summed E-state index contributed by atoms with van der Waals surface area (Å²) in [5.74, 6) is -1.21. The smallest absolute Gasteiger partial charge is 0.166 e. The van der Waals surface area contributed by atoms with Crippen molar-refractivity contribution in [3.8, 4) is 11.1 Å². The summed E-state index contributed by atoms with van der Waals surface area (Å²) < 4.78 is 32.8. The van der Waals surface area contributed by atoms with Crippen LogP contribution >= 0.6 is 0 Å². The Morgan fingerprint density at radius 3 is 2.43 bits per heavy atom. The first-order valence-corrected chi connectivity index (χ1v) is 7.31. The monoisotopic (exact) mass is 288 g/mol. The molecule has 3 rings (SSSR count). The van der Waals surface area contributed by atoms with Gasteiger partial charge in [0.05, 0.1) is 12.7 Å². The third-order valence-electron chi connectivity index (χ3n) is 4.15. The van der Waals surface area contributed by atoms with E-state index in [0.29, 0.717) is 23.1 Å². The minimum Gasteiger partial charge on any atom is -0.378 e. The molecule has 0 aromatic heterocycles. The zero-order chi connectivity index (χ0) is 14.8. The van der Waals surface area contributed by atoms with Crippen LogP contribution in [0.1, 0.15) is 31.2 Å². The summed E-state index contributed by atoms with van der Waals surface area (Å²) in [6, 6.07) is 11.9. The lowest BCUT2D eigenvalue weighted by molar-refractivity contribution is 0.0155. The molecule has 2 atom stereocenters. The first-order valence-electron chi connectivity index (χ1n) is 7.31. The molecule has 0 N–H and O–H groups in total. The van der Waals surface area contributed by atoms with Crippen LogP contribution in [0.3, 0.4) is 0 Å². The van der Waals surface area contributed by atoms with Crippen LogP contribution in [0, 0.1) is 11.6 Å². The zero-order valence-electron chi connectivity index (χ0n) is 12.0. The Morgan fingerprint density at radius 2 is 1.76 bits per heavy atom. The van der Waals surface area contributed by atoms with Gasteiger partial charge in [0.1, 0.15) is 0 Å². The Bertz CT molecular complexity index is 614. The van der Waals surface area contributed by atoms with E-state index in [9.17, 15) is 8.78 Å². The van der Waals surface area contributed by atoms with Crippen LogP contribution in [0.15, 0.2) is 42.5 Å². The van der Waals surface area contributed by atoms with Crippen molar-refractivity contribution in [1.29, 1.82) is 0 Å². The number of hydrogen-bond donors (Lipinski definition) is 0. The van der Waals surface area contributed by atoms with Crippen molar-refractivity contribution in [3.05, 3.63) is 59.7 Å². The largest absolute Gasteiger partial charge is 0.378 e. The first-order chi connectivity index (χ1) is 10.1. The van der Waals surface area contributed by atoms with Gasteiger partial charge in [0.2, 0.25) is 0 Å². The maximum Gasteiger partial charge on any atom is 0.166 e. The SMILES string of the molecule is CC1CCC(c2ccc(-c3cccc(F)c3F)cc2)CO1. The molecule has 1 fully saturated rings. The van der Waals surface area contributed by atoms with Gasteiger partial charge in [0, 0.05) is 11.5 Å². The fourth-order valence-corrected chi connectivity index (χ4v) is 2.81. The first kappa shape index (κ1) is 14.2. The van der Waals surface area contributed by atoms with Gasteiger partial charge in [-0.05, 0) is 37.0 Å². The molecule has 0 spiro atoms. The molecule has 0 bridgehead atoms. The molecule has 1 heterocycles. The predicted octanol–water partition coefficient (Wildman–Crippen LogP) is 4.91. The zero-order valence-corrected chi connectivity index (χ0v) is 12.0. The van der Waals surface area contributed by atoms with Gasteiger partial charge in [0.15, 0.2) is 11.6 Å². The minimum absolute atomic E-state index is 0.301. The fraction of sp³-hybridized carbons (Fsp3) is 0.333. The Kier molecular flexibility index (Phi) is 4.02. The van der Waals surface area contributed by atoms with Crippen LogP contribution in [-0.4, -0.2) is 12.7 Å². The van der Waals surface area contributed by atoms with E-state index in [1.807, 2.05) is 24.3 Å². The fourth-order valence-electron chi connectivity index (χ4n) is 2.81. The Morgan fingerprint density at radius 1 is 1.00 bits per heavy atom. The number of benzene rings is 2. The van der Waals surface area contributed by atoms with Crippen molar-refractivity contribution >= 4 is 0 Å². The topological polar surface area (TPSA) is 9.23 Å². The van der Waals surface area contributed by atoms with Gasteiger partial charge < -0.3 is 4.74 Å². The highest BCUT2D eigenvalue weighted by atomic mass is 19.2. The molecule has 2 aromatic rings. The molecular formula is C18H18F2O. The molecule has 1 aliphatic rings. The second kappa shape index (κ2) is 5.94. The standard InChI is InChI=1S/C18H18F2O/c1-12-5-6-15(11-21-12)13-7-9-14(10-8-13)16-3-2-4-17(19)18(16)20/h2-4,7-10,12,15H,5-6,11H2,1H3. The Balaban J connectivity index is 1.82. The maximum atomic E-state index is 13.8. The molecule has 3 heteroatoms. The van der Waals surface area contributed by atoms with Crippen molar-refractivity contribution < 1.29 is 13.5 Å². The van der Waals surface area contributed by atoms with Gasteiger partial charge in [-0.1, -0.05) is 36.4 Å². The summed E-state index contributed by atoms with van der Waals surface area (Å²) in [6.45, 7) is 2.82. The van der Waals surface area contributed by atoms with E-state index in [-0.39, 0.29) is 0 Å². The normalized spacial score (nSPS) is 22.2. The molecule has 0 aliphatic carbocycles. The Labute approximate surface area is 123 Å². The van der Waals surface area contributed by atoms with Crippen LogP contribution in [0.5, 0.6) is 0 Å². The van der Waals surface area contributed by atoms with Crippen LogP contribution in [-0.2, 0) is 4.74 Å². The van der Waals surface area contributed by atoms with Crippen molar-refractivity contribution in [2.24, 2.45) is 0 Å². The third kappa shape index (κ3) is 2.98. The van der Waals surface area contributed by atoms with Crippen LogP contribution in [0.2, 0.25) is 0 Å². The quantitative estimate of drug-likeness (QED) is 0.762. The van der Waals surface area contributed by atoms with Crippen molar-refractivity contribution in [2.45, 2.75) is 31.8 Å². The van der Waals surface area contributed by atoms with Gasteiger partial charge in [-0.3, -0.25) is 0 Å². The number of rotatable bonds is 2. The van der Waals surface area contributed by atoms with Crippen LogP contribution < -0.4 is 0 Å². The van der Waals surface area contributed by atoms with Crippen molar-refractivity contribution in [1.82, 2.24) is 0 Å². The predicted molar refractivity (Wildman–Crippen MR) is 79.2 cm³/mol. The molecule has 1 saturated heterocycles. The molecular weight excluding hydrogens is 270 g/mol. The maximum absolute atomic E-state index is 13.8. The average Bonchev–Trinajstić information content (AvgIpc) is 2.51. The lowest BCUT2D eigenvalue weighted by Gasteiger charge is -2.27. The summed E-state index contributed by atoms with van der Waals surface area (Å²) in [6.07, 6.45) is 2.50. The van der Waals surface area contributed by atoms with E-state index in [1.54, 1.807) is 6.07 Å². The second-order valence-corrected chi connectivity index (χ2v) is 5.64. The summed E-state index contributed by atoms with van der Waals surface area (Å²) in [4.78, 5) is 0. The molecule has 110 valence electrons. The highest BCUT2D eigenvalue weighted by molar-refractivity contribution is 5.64. The lowest BCUT2D eigenvalue weighted by Crippen LogP contribution is -2.22. The molecule has 0 radical (unpaired) electrons. The van der Waals surface area contributed by atoms with Crippen molar-refractivity contribution in [2.75, 3.05) is 6.61 Å². The molecule has 21 heavy (non-hydrogen) atoms. The van der Waals surface area contributed by atoms with E-state index in [4.69, 9.17) is 4.74 Å². The van der Waals surface area contributed by atoms with Gasteiger partial charge in [0.25, 0.3) is 0 Å². The summed E-state index contributed by atoms with van der Waals surface area (Å²) in [5, 5.41) is 0. The Hall–Kier alpha value is -1.74. The molecule has 1 nitrogen and oxygen atoms in total. The molecule has 0 amide bonds. The van der Waals surface area contributed by atoms with Gasteiger partial charge in [-0.25, -0.2) is 8.78 Å². The van der Waals surface area contributed by atoms with Crippen LogP contribution in [0.25, 0.3) is 11.1 Å². The molecule has 1 aliphatic heterocycles. The van der Waals surface area contributed by atoms with E-state index in [2.05, 4.69) is 6.92 Å². The van der Waals surface area contributed by atoms with E-state index in [0.717, 1.165) is 25.5 Å². The van der Waals surface area contributed by atoms with E-state index >= 15 is 0 Å². The number of ether oxygens (including phenoxy) is 1. The highest BCUT2D eigenvalue weighted by Crippen LogP contribution is 2.30. The summed E-state index contributed by atoms with van der Waals surface area (Å²) in [7, 11) is 0. The van der Waals surface area contributed by atoms with E-state index < -0.39 is 11.6 Å².